The smallest absolute Gasteiger partial charge is 0.0490 e. The van der Waals surface area contributed by atoms with E-state index in [0.29, 0.717) is 5.02 Å². The first-order chi connectivity index (χ1) is 6.77. The first-order valence-electron chi connectivity index (χ1n) is 4.19. The van der Waals surface area contributed by atoms with Crippen molar-refractivity contribution in [2.75, 3.05) is 0 Å². The second-order valence-electron chi connectivity index (χ2n) is 2.91. The van der Waals surface area contributed by atoms with Crippen LogP contribution in [0.4, 0.5) is 0 Å². The van der Waals surface area contributed by atoms with Crippen molar-refractivity contribution in [2.45, 2.75) is 0 Å². The number of hydrogen-bond donors (Lipinski definition) is 0. The van der Waals surface area contributed by atoms with E-state index in [4.69, 9.17) is 23.2 Å². The Morgan fingerprint density at radius 2 is 1.64 bits per heavy atom. The van der Waals surface area contributed by atoms with Crippen molar-refractivity contribution in [1.29, 1.82) is 0 Å². The van der Waals surface area contributed by atoms with Gasteiger partial charge in [-0.1, -0.05) is 47.5 Å². The van der Waals surface area contributed by atoms with Gasteiger partial charge in [-0.3, -0.25) is 0 Å². The third-order valence-corrected chi connectivity index (χ3v) is 2.53. The van der Waals surface area contributed by atoms with E-state index in [9.17, 15) is 0 Å². The Bertz CT molecular complexity index is 432. The van der Waals surface area contributed by atoms with Gasteiger partial charge in [0.1, 0.15) is 0 Å². The van der Waals surface area contributed by atoms with Crippen LogP contribution in [0.2, 0.25) is 10.0 Å². The van der Waals surface area contributed by atoms with Gasteiger partial charge in [0.15, 0.2) is 0 Å². The van der Waals surface area contributed by atoms with E-state index in [2.05, 4.69) is 6.07 Å². The van der Waals surface area contributed by atoms with Gasteiger partial charge in [-0.15, -0.1) is 0 Å². The minimum atomic E-state index is 0.704. The van der Waals surface area contributed by atoms with Crippen LogP contribution in [0, 0.1) is 6.07 Å². The molecule has 2 rings (SSSR count). The fraction of sp³-hybridized carbons (Fsp3) is 0. The maximum absolute atomic E-state index is 6.03. The fourth-order valence-electron chi connectivity index (χ4n) is 1.27. The minimum absolute atomic E-state index is 0.704. The molecule has 0 amide bonds. The predicted molar refractivity (Wildman–Crippen MR) is 60.7 cm³/mol. The monoisotopic (exact) mass is 221 g/mol. The topological polar surface area (TPSA) is 0 Å². The Balaban J connectivity index is 2.50. The largest absolute Gasteiger partial charge is 0.0843 e. The van der Waals surface area contributed by atoms with Gasteiger partial charge in [-0.2, -0.15) is 0 Å². The quantitative estimate of drug-likeness (QED) is 0.668. The second kappa shape index (κ2) is 4.04. The molecule has 0 aliphatic heterocycles. The molecule has 2 aromatic carbocycles. The number of benzene rings is 2. The molecule has 2 heteroatoms. The molecule has 0 aliphatic carbocycles. The highest BCUT2D eigenvalue weighted by atomic mass is 35.5. The Hall–Kier alpha value is -0.980. The highest BCUT2D eigenvalue weighted by Gasteiger charge is 2.01. The van der Waals surface area contributed by atoms with Crippen molar-refractivity contribution in [3.63, 3.8) is 0 Å². The van der Waals surface area contributed by atoms with Gasteiger partial charge in [-0.25, -0.2) is 0 Å². The highest BCUT2D eigenvalue weighted by Crippen LogP contribution is 2.27. The number of rotatable bonds is 1. The molecule has 0 atom stereocenters. The van der Waals surface area contributed by atoms with Gasteiger partial charge in [0.25, 0.3) is 0 Å². The summed E-state index contributed by atoms with van der Waals surface area (Å²) in [6.45, 7) is 0. The summed E-state index contributed by atoms with van der Waals surface area (Å²) in [6, 6.07) is 16.1. The molecule has 0 saturated carbocycles. The number of hydrogen-bond acceptors (Lipinski definition) is 0. The van der Waals surface area contributed by atoms with Crippen LogP contribution in [0.3, 0.4) is 0 Å². The van der Waals surface area contributed by atoms with E-state index in [1.54, 1.807) is 6.07 Å². The van der Waals surface area contributed by atoms with Gasteiger partial charge in [0.2, 0.25) is 0 Å². The van der Waals surface area contributed by atoms with E-state index in [1.807, 2.05) is 36.4 Å². The molecule has 0 heterocycles. The van der Waals surface area contributed by atoms with Gasteiger partial charge >= 0.3 is 0 Å². The maximum atomic E-state index is 6.03. The summed E-state index contributed by atoms with van der Waals surface area (Å²) in [4.78, 5) is 0. The summed E-state index contributed by atoms with van der Waals surface area (Å²) in [6.07, 6.45) is 0. The molecular formula is C12H7Cl2. The van der Waals surface area contributed by atoms with Gasteiger partial charge in [-0.05, 0) is 29.8 Å². The van der Waals surface area contributed by atoms with Crippen molar-refractivity contribution >= 4 is 23.2 Å². The zero-order valence-corrected chi connectivity index (χ0v) is 8.81. The Labute approximate surface area is 93.1 Å². The molecule has 0 fully saturated rings. The van der Waals surface area contributed by atoms with Crippen LogP contribution in [0.25, 0.3) is 11.1 Å². The van der Waals surface area contributed by atoms with Crippen LogP contribution >= 0.6 is 23.2 Å². The number of halogens is 2. The first kappa shape index (κ1) is 9.57. The standard InChI is InChI=1S/C12H7Cl2/c13-10-7-5-9(6-8-10)11-3-1-2-4-12(11)14/h1,3-8H. The summed E-state index contributed by atoms with van der Waals surface area (Å²) < 4.78 is 0. The maximum Gasteiger partial charge on any atom is 0.0490 e. The van der Waals surface area contributed by atoms with E-state index >= 15 is 0 Å². The molecule has 0 unspecified atom stereocenters. The molecule has 0 saturated heterocycles. The Morgan fingerprint density at radius 1 is 0.929 bits per heavy atom. The minimum Gasteiger partial charge on any atom is -0.0843 e. The van der Waals surface area contributed by atoms with Crippen LogP contribution in [0.5, 0.6) is 0 Å². The van der Waals surface area contributed by atoms with E-state index in [-0.39, 0.29) is 0 Å². The molecule has 0 spiro atoms. The van der Waals surface area contributed by atoms with Gasteiger partial charge in [0, 0.05) is 15.6 Å². The van der Waals surface area contributed by atoms with E-state index < -0.39 is 0 Å². The predicted octanol–water partition coefficient (Wildman–Crippen LogP) is 4.46. The average Bonchev–Trinajstić information content (AvgIpc) is 2.20. The summed E-state index contributed by atoms with van der Waals surface area (Å²) in [7, 11) is 0. The fourth-order valence-corrected chi connectivity index (χ4v) is 1.63. The highest BCUT2D eigenvalue weighted by molar-refractivity contribution is 6.33. The summed E-state index contributed by atoms with van der Waals surface area (Å²) in [5.74, 6) is 0. The SMILES string of the molecule is Clc1ccc(-c2cc[c]cc2Cl)cc1. The lowest BCUT2D eigenvalue weighted by Crippen LogP contribution is -1.78. The third-order valence-electron chi connectivity index (χ3n) is 1.97. The lowest BCUT2D eigenvalue weighted by atomic mass is 10.1. The zero-order valence-electron chi connectivity index (χ0n) is 7.30. The zero-order chi connectivity index (χ0) is 9.97. The van der Waals surface area contributed by atoms with Crippen LogP contribution in [-0.2, 0) is 0 Å². The molecule has 69 valence electrons. The van der Waals surface area contributed by atoms with Crippen LogP contribution in [0.15, 0.2) is 42.5 Å². The van der Waals surface area contributed by atoms with Crippen molar-refractivity contribution < 1.29 is 0 Å². The summed E-state index contributed by atoms with van der Waals surface area (Å²) in [5, 5.41) is 1.43. The van der Waals surface area contributed by atoms with Crippen molar-refractivity contribution in [3.05, 3.63) is 58.6 Å². The lowest BCUT2D eigenvalue weighted by molar-refractivity contribution is 1.61. The van der Waals surface area contributed by atoms with Crippen molar-refractivity contribution in [1.82, 2.24) is 0 Å². The molecule has 14 heavy (non-hydrogen) atoms. The molecule has 1 radical (unpaired) electrons. The van der Waals surface area contributed by atoms with Crippen LogP contribution < -0.4 is 0 Å². The van der Waals surface area contributed by atoms with Crippen LogP contribution in [0.1, 0.15) is 0 Å². The summed E-state index contributed by atoms with van der Waals surface area (Å²) >= 11 is 11.8. The van der Waals surface area contributed by atoms with Crippen LogP contribution in [-0.4, -0.2) is 0 Å². The van der Waals surface area contributed by atoms with Crippen molar-refractivity contribution in [3.8, 4) is 11.1 Å². The van der Waals surface area contributed by atoms with E-state index in [0.717, 1.165) is 16.1 Å². The van der Waals surface area contributed by atoms with Crippen molar-refractivity contribution in [2.24, 2.45) is 0 Å². The lowest BCUT2D eigenvalue weighted by Gasteiger charge is -2.03. The third kappa shape index (κ3) is 1.92. The normalized spacial score (nSPS) is 10.1. The molecule has 0 bridgehead atoms. The molecule has 0 aromatic heterocycles. The van der Waals surface area contributed by atoms with E-state index in [1.165, 1.54) is 0 Å². The molecule has 2 aromatic rings. The molecular weight excluding hydrogens is 215 g/mol. The summed E-state index contributed by atoms with van der Waals surface area (Å²) in [5.41, 5.74) is 2.07. The first-order valence-corrected chi connectivity index (χ1v) is 4.94. The molecule has 0 nitrogen and oxygen atoms in total. The average molecular weight is 222 g/mol. The van der Waals surface area contributed by atoms with Gasteiger partial charge < -0.3 is 0 Å². The second-order valence-corrected chi connectivity index (χ2v) is 3.76. The Morgan fingerprint density at radius 3 is 2.29 bits per heavy atom. The van der Waals surface area contributed by atoms with Gasteiger partial charge in [0.05, 0.1) is 0 Å². The molecule has 0 N–H and O–H groups in total. The molecule has 0 aliphatic rings. The Kier molecular flexibility index (Phi) is 2.76.